The van der Waals surface area contributed by atoms with E-state index in [4.69, 9.17) is 10.6 Å². The van der Waals surface area contributed by atoms with E-state index in [9.17, 15) is 0 Å². The van der Waals surface area contributed by atoms with Gasteiger partial charge in [-0.25, -0.2) is 15.8 Å². The summed E-state index contributed by atoms with van der Waals surface area (Å²) in [7, 11) is 2.07. The highest BCUT2D eigenvalue weighted by Crippen LogP contribution is 2.26. The zero-order chi connectivity index (χ0) is 14.4. The number of hydrogen-bond acceptors (Lipinski definition) is 6. The largest absolute Gasteiger partial charge is 0.374 e. The molecule has 0 aliphatic heterocycles. The molecule has 0 atom stereocenters. The topological polar surface area (TPSA) is 76.3 Å². The minimum absolute atomic E-state index is 0.413. The van der Waals surface area contributed by atoms with Crippen LogP contribution in [0.5, 0.6) is 0 Å². The summed E-state index contributed by atoms with van der Waals surface area (Å²) in [5.74, 6) is 8.45. The quantitative estimate of drug-likeness (QED) is 0.586. The van der Waals surface area contributed by atoms with Gasteiger partial charge in [-0.05, 0) is 25.7 Å². The summed E-state index contributed by atoms with van der Waals surface area (Å²) in [5, 5.41) is 0. The summed E-state index contributed by atoms with van der Waals surface area (Å²) in [5.41, 5.74) is 2.60. The molecule has 0 bridgehead atoms. The highest BCUT2D eigenvalue weighted by molar-refractivity contribution is 5.48. The van der Waals surface area contributed by atoms with Gasteiger partial charge in [-0.2, -0.15) is 0 Å². The predicted octanol–water partition coefficient (Wildman–Crippen LogP) is 1.93. The lowest BCUT2D eigenvalue weighted by molar-refractivity contribution is 0.128. The van der Waals surface area contributed by atoms with E-state index in [1.807, 2.05) is 13.0 Å². The van der Waals surface area contributed by atoms with Crippen molar-refractivity contribution in [3.63, 3.8) is 0 Å². The third-order valence-electron chi connectivity index (χ3n) is 3.74. The fraction of sp³-hybridized carbons (Fsp3) is 0.714. The number of nitrogen functional groups attached to an aromatic ring is 1. The van der Waals surface area contributed by atoms with E-state index >= 15 is 0 Å². The highest BCUT2D eigenvalue weighted by Gasteiger charge is 2.18. The molecule has 0 radical (unpaired) electrons. The SMILES string of the molecule is CCOCc1nc(NN)cc(N(C)CC2CCCC2)n1. The molecule has 3 N–H and O–H groups in total. The Kier molecular flexibility index (Phi) is 5.55. The molecule has 1 heterocycles. The van der Waals surface area contributed by atoms with Gasteiger partial charge in [0.15, 0.2) is 5.82 Å². The molecule has 0 amide bonds. The molecule has 0 unspecified atom stereocenters. The van der Waals surface area contributed by atoms with Crippen LogP contribution in [-0.4, -0.2) is 30.2 Å². The van der Waals surface area contributed by atoms with Gasteiger partial charge in [-0.15, -0.1) is 0 Å². The third kappa shape index (κ3) is 4.05. The second kappa shape index (κ2) is 7.40. The maximum absolute atomic E-state index is 5.48. The molecular weight excluding hydrogens is 254 g/mol. The van der Waals surface area contributed by atoms with E-state index in [2.05, 4.69) is 27.3 Å². The van der Waals surface area contributed by atoms with Crippen molar-refractivity contribution >= 4 is 11.6 Å². The Morgan fingerprint density at radius 2 is 2.15 bits per heavy atom. The molecule has 20 heavy (non-hydrogen) atoms. The Balaban J connectivity index is 2.07. The minimum Gasteiger partial charge on any atom is -0.374 e. The van der Waals surface area contributed by atoms with Gasteiger partial charge in [0.05, 0.1) is 0 Å². The molecule has 1 fully saturated rings. The average Bonchev–Trinajstić information content (AvgIpc) is 2.97. The van der Waals surface area contributed by atoms with Crippen molar-refractivity contribution in [1.82, 2.24) is 9.97 Å². The summed E-state index contributed by atoms with van der Waals surface area (Å²) in [6.07, 6.45) is 5.35. The van der Waals surface area contributed by atoms with Crippen LogP contribution in [0, 0.1) is 5.92 Å². The molecule has 6 nitrogen and oxygen atoms in total. The lowest BCUT2D eigenvalue weighted by Crippen LogP contribution is -2.26. The predicted molar refractivity (Wildman–Crippen MR) is 80.4 cm³/mol. The minimum atomic E-state index is 0.413. The molecule has 0 spiro atoms. The van der Waals surface area contributed by atoms with Crippen LogP contribution in [0.25, 0.3) is 0 Å². The Bertz CT molecular complexity index is 420. The monoisotopic (exact) mass is 279 g/mol. The average molecular weight is 279 g/mol. The zero-order valence-corrected chi connectivity index (χ0v) is 12.4. The van der Waals surface area contributed by atoms with Gasteiger partial charge in [0.1, 0.15) is 18.2 Å². The summed E-state index contributed by atoms with van der Waals surface area (Å²) < 4.78 is 5.38. The van der Waals surface area contributed by atoms with Crippen molar-refractivity contribution in [2.75, 3.05) is 30.5 Å². The van der Waals surface area contributed by atoms with Crippen molar-refractivity contribution < 1.29 is 4.74 Å². The van der Waals surface area contributed by atoms with Crippen LogP contribution in [-0.2, 0) is 11.3 Å². The van der Waals surface area contributed by atoms with Crippen molar-refractivity contribution in [2.24, 2.45) is 11.8 Å². The van der Waals surface area contributed by atoms with Crippen LogP contribution in [0.15, 0.2) is 6.07 Å². The lowest BCUT2D eigenvalue weighted by Gasteiger charge is -2.22. The summed E-state index contributed by atoms with van der Waals surface area (Å²) in [6, 6.07) is 1.88. The molecule has 1 aromatic heterocycles. The molecule has 1 aliphatic carbocycles. The van der Waals surface area contributed by atoms with Crippen LogP contribution in [0.2, 0.25) is 0 Å². The first-order chi connectivity index (χ1) is 9.72. The first kappa shape index (κ1) is 15.0. The smallest absolute Gasteiger partial charge is 0.158 e. The third-order valence-corrected chi connectivity index (χ3v) is 3.74. The Hall–Kier alpha value is -1.40. The molecule has 112 valence electrons. The van der Waals surface area contributed by atoms with Crippen LogP contribution in [0.1, 0.15) is 38.4 Å². The molecule has 0 aromatic carbocycles. The number of ether oxygens (including phenoxy) is 1. The van der Waals surface area contributed by atoms with E-state index in [-0.39, 0.29) is 0 Å². The van der Waals surface area contributed by atoms with E-state index < -0.39 is 0 Å². The van der Waals surface area contributed by atoms with E-state index in [1.165, 1.54) is 25.7 Å². The summed E-state index contributed by atoms with van der Waals surface area (Å²) in [4.78, 5) is 11.0. The lowest BCUT2D eigenvalue weighted by atomic mass is 10.1. The van der Waals surface area contributed by atoms with Gasteiger partial charge >= 0.3 is 0 Å². The number of nitrogens with one attached hydrogen (secondary N) is 1. The summed E-state index contributed by atoms with van der Waals surface area (Å²) >= 11 is 0. The highest BCUT2D eigenvalue weighted by atomic mass is 16.5. The second-order valence-corrected chi connectivity index (χ2v) is 5.34. The normalized spacial score (nSPS) is 15.6. The van der Waals surface area contributed by atoms with E-state index in [0.717, 1.165) is 18.3 Å². The van der Waals surface area contributed by atoms with Gasteiger partial charge in [0.25, 0.3) is 0 Å². The maximum Gasteiger partial charge on any atom is 0.158 e. The molecule has 6 heteroatoms. The van der Waals surface area contributed by atoms with Gasteiger partial charge in [0.2, 0.25) is 0 Å². The van der Waals surface area contributed by atoms with Crippen molar-refractivity contribution in [1.29, 1.82) is 0 Å². The fourth-order valence-electron chi connectivity index (χ4n) is 2.68. The van der Waals surface area contributed by atoms with Gasteiger partial charge in [-0.1, -0.05) is 12.8 Å². The number of rotatable bonds is 7. The number of nitrogens with two attached hydrogens (primary N) is 1. The van der Waals surface area contributed by atoms with Crippen molar-refractivity contribution in [3.8, 4) is 0 Å². The second-order valence-electron chi connectivity index (χ2n) is 5.34. The summed E-state index contributed by atoms with van der Waals surface area (Å²) in [6.45, 7) is 4.06. The molecule has 1 saturated carbocycles. The molecule has 2 rings (SSSR count). The maximum atomic E-state index is 5.48. The van der Waals surface area contributed by atoms with Crippen LogP contribution in [0.4, 0.5) is 11.6 Å². The number of hydrogen-bond donors (Lipinski definition) is 2. The zero-order valence-electron chi connectivity index (χ0n) is 12.4. The fourth-order valence-corrected chi connectivity index (χ4v) is 2.68. The van der Waals surface area contributed by atoms with Crippen LogP contribution >= 0.6 is 0 Å². The van der Waals surface area contributed by atoms with E-state index in [1.54, 1.807) is 0 Å². The Morgan fingerprint density at radius 1 is 1.40 bits per heavy atom. The first-order valence-electron chi connectivity index (χ1n) is 7.36. The first-order valence-corrected chi connectivity index (χ1v) is 7.36. The number of anilines is 2. The number of hydrazine groups is 1. The Labute approximate surface area is 120 Å². The van der Waals surface area contributed by atoms with Crippen molar-refractivity contribution in [3.05, 3.63) is 11.9 Å². The molecule has 0 saturated heterocycles. The van der Waals surface area contributed by atoms with Gasteiger partial charge in [-0.3, -0.25) is 0 Å². The van der Waals surface area contributed by atoms with Gasteiger partial charge in [0, 0.05) is 26.3 Å². The van der Waals surface area contributed by atoms with Crippen LogP contribution in [0.3, 0.4) is 0 Å². The standard InChI is InChI=1S/C14H25N5O/c1-3-20-10-13-16-12(18-15)8-14(17-13)19(2)9-11-6-4-5-7-11/h8,11H,3-7,9-10,15H2,1-2H3,(H,16,17,18). The van der Waals surface area contributed by atoms with E-state index in [0.29, 0.717) is 24.9 Å². The molecular formula is C14H25N5O. The number of aromatic nitrogens is 2. The number of nitrogens with zero attached hydrogens (tertiary/aromatic N) is 3. The molecule has 1 aromatic rings. The van der Waals surface area contributed by atoms with Gasteiger partial charge < -0.3 is 15.1 Å². The Morgan fingerprint density at radius 3 is 2.80 bits per heavy atom. The van der Waals surface area contributed by atoms with Crippen LogP contribution < -0.4 is 16.2 Å². The molecule has 1 aliphatic rings. The van der Waals surface area contributed by atoms with Crippen molar-refractivity contribution in [2.45, 2.75) is 39.2 Å².